The molecule has 0 heterocycles. The molecule has 0 saturated carbocycles. The molecule has 10 heavy (non-hydrogen) atoms. The summed E-state index contributed by atoms with van der Waals surface area (Å²) in [4.78, 5) is 0. The van der Waals surface area contributed by atoms with Crippen LogP contribution in [0.3, 0.4) is 0 Å². The molecule has 0 aliphatic heterocycles. The van der Waals surface area contributed by atoms with E-state index in [2.05, 4.69) is 6.58 Å². The smallest absolute Gasteiger partial charge is 0.209 e. The predicted octanol–water partition coefficient (Wildman–Crippen LogP) is 0.487. The Hall–Kier alpha value is -0.350. The minimum atomic E-state index is -3.29. The van der Waals surface area contributed by atoms with E-state index in [9.17, 15) is 8.42 Å². The minimum Gasteiger partial charge on any atom is -0.229 e. The molecule has 0 aliphatic rings. The van der Waals surface area contributed by atoms with Crippen LogP contribution in [-0.2, 0) is 10.0 Å². The van der Waals surface area contributed by atoms with E-state index in [1.54, 1.807) is 6.08 Å². The lowest BCUT2D eigenvalue weighted by molar-refractivity contribution is 0.575. The first-order valence-electron chi connectivity index (χ1n) is 3.07. The number of nitrogens with two attached hydrogens (primary N) is 1. The monoisotopic (exact) mass is 163 g/mol. The zero-order valence-corrected chi connectivity index (χ0v) is 6.89. The molecular formula is C6H13NO2S. The van der Waals surface area contributed by atoms with Crippen molar-refractivity contribution < 1.29 is 8.42 Å². The van der Waals surface area contributed by atoms with E-state index in [1.807, 2.05) is 6.92 Å². The number of hydrogen-bond donors (Lipinski definition) is 1. The van der Waals surface area contributed by atoms with Crippen molar-refractivity contribution in [3.8, 4) is 0 Å². The van der Waals surface area contributed by atoms with Gasteiger partial charge in [0.2, 0.25) is 10.0 Å². The molecule has 0 bridgehead atoms. The third-order valence-corrected chi connectivity index (χ3v) is 2.12. The van der Waals surface area contributed by atoms with Gasteiger partial charge in [-0.05, 0) is 12.3 Å². The number of rotatable bonds is 4. The second kappa shape index (κ2) is 3.73. The Bertz CT molecular complexity index is 196. The first kappa shape index (κ1) is 9.65. The maximum atomic E-state index is 10.5. The average molecular weight is 163 g/mol. The van der Waals surface area contributed by atoms with E-state index in [1.165, 1.54) is 0 Å². The highest BCUT2D eigenvalue weighted by Gasteiger charge is 2.08. The quantitative estimate of drug-likeness (QED) is 0.613. The summed E-state index contributed by atoms with van der Waals surface area (Å²) in [6.07, 6.45) is 2.38. The molecule has 0 unspecified atom stereocenters. The molecular weight excluding hydrogens is 150 g/mol. The van der Waals surface area contributed by atoms with Gasteiger partial charge in [0.15, 0.2) is 0 Å². The van der Waals surface area contributed by atoms with E-state index in [-0.39, 0.29) is 11.7 Å². The van der Waals surface area contributed by atoms with Crippen molar-refractivity contribution in [3.63, 3.8) is 0 Å². The van der Waals surface area contributed by atoms with E-state index in [0.29, 0.717) is 6.42 Å². The fourth-order valence-corrected chi connectivity index (χ4v) is 1.68. The molecule has 0 rings (SSSR count). The van der Waals surface area contributed by atoms with Gasteiger partial charge in [-0.25, -0.2) is 13.6 Å². The van der Waals surface area contributed by atoms with Crippen molar-refractivity contribution in [2.45, 2.75) is 13.3 Å². The first-order chi connectivity index (χ1) is 4.45. The molecule has 0 aromatic carbocycles. The Labute approximate surface area is 62.0 Å². The summed E-state index contributed by atoms with van der Waals surface area (Å²) in [7, 11) is -3.29. The average Bonchev–Trinajstić information content (AvgIpc) is 1.59. The van der Waals surface area contributed by atoms with E-state index < -0.39 is 10.0 Å². The zero-order chi connectivity index (χ0) is 8.20. The normalized spacial score (nSPS) is 14.6. The van der Waals surface area contributed by atoms with Crippen molar-refractivity contribution in [3.05, 3.63) is 12.7 Å². The van der Waals surface area contributed by atoms with Crippen LogP contribution in [0.1, 0.15) is 13.3 Å². The predicted molar refractivity (Wildman–Crippen MR) is 42.0 cm³/mol. The largest absolute Gasteiger partial charge is 0.229 e. The van der Waals surface area contributed by atoms with Gasteiger partial charge in [-0.2, -0.15) is 0 Å². The molecule has 0 spiro atoms. The van der Waals surface area contributed by atoms with Crippen molar-refractivity contribution in [2.75, 3.05) is 5.75 Å². The molecule has 0 aliphatic carbocycles. The summed E-state index contributed by atoms with van der Waals surface area (Å²) >= 11 is 0. The van der Waals surface area contributed by atoms with E-state index >= 15 is 0 Å². The van der Waals surface area contributed by atoms with Crippen LogP contribution in [0.5, 0.6) is 0 Å². The molecule has 0 aromatic rings. The van der Waals surface area contributed by atoms with Crippen LogP contribution < -0.4 is 5.14 Å². The highest BCUT2D eigenvalue weighted by atomic mass is 32.2. The number of primary sulfonamides is 1. The Morgan fingerprint density at radius 3 is 2.50 bits per heavy atom. The molecule has 0 fully saturated rings. The molecule has 0 saturated heterocycles. The first-order valence-corrected chi connectivity index (χ1v) is 4.78. The van der Waals surface area contributed by atoms with E-state index in [0.717, 1.165) is 0 Å². The van der Waals surface area contributed by atoms with Crippen LogP contribution in [0, 0.1) is 5.92 Å². The fraction of sp³-hybridized carbons (Fsp3) is 0.667. The summed E-state index contributed by atoms with van der Waals surface area (Å²) in [6, 6.07) is 0. The summed E-state index contributed by atoms with van der Waals surface area (Å²) in [5.41, 5.74) is 0. The second-order valence-electron chi connectivity index (χ2n) is 2.46. The number of sulfonamides is 1. The van der Waals surface area contributed by atoms with Gasteiger partial charge < -0.3 is 0 Å². The minimum absolute atomic E-state index is 0.0407. The van der Waals surface area contributed by atoms with Crippen LogP contribution >= 0.6 is 0 Å². The third-order valence-electron chi connectivity index (χ3n) is 1.09. The van der Waals surface area contributed by atoms with Crippen LogP contribution in [0.25, 0.3) is 0 Å². The molecule has 0 amide bonds. The molecule has 3 nitrogen and oxygen atoms in total. The second-order valence-corrected chi connectivity index (χ2v) is 4.12. The van der Waals surface area contributed by atoms with Gasteiger partial charge in [-0.1, -0.05) is 13.0 Å². The van der Waals surface area contributed by atoms with Gasteiger partial charge >= 0.3 is 0 Å². The molecule has 2 N–H and O–H groups in total. The Balaban J connectivity index is 3.80. The Morgan fingerprint density at radius 1 is 1.70 bits per heavy atom. The van der Waals surface area contributed by atoms with E-state index in [4.69, 9.17) is 5.14 Å². The van der Waals surface area contributed by atoms with Crippen molar-refractivity contribution >= 4 is 10.0 Å². The third kappa shape index (κ3) is 5.78. The Kier molecular flexibility index (Phi) is 3.60. The van der Waals surface area contributed by atoms with Gasteiger partial charge in [0.05, 0.1) is 5.75 Å². The Morgan fingerprint density at radius 2 is 2.20 bits per heavy atom. The van der Waals surface area contributed by atoms with Gasteiger partial charge in [0.25, 0.3) is 0 Å². The van der Waals surface area contributed by atoms with Crippen LogP contribution in [0.4, 0.5) is 0 Å². The zero-order valence-electron chi connectivity index (χ0n) is 6.08. The number of hydrogen-bond acceptors (Lipinski definition) is 2. The van der Waals surface area contributed by atoms with Crippen LogP contribution in [0.2, 0.25) is 0 Å². The molecule has 0 aromatic heterocycles. The highest BCUT2D eigenvalue weighted by Crippen LogP contribution is 2.03. The van der Waals surface area contributed by atoms with Crippen molar-refractivity contribution in [1.82, 2.24) is 0 Å². The maximum absolute atomic E-state index is 10.5. The van der Waals surface area contributed by atoms with Crippen LogP contribution in [-0.4, -0.2) is 14.2 Å². The molecule has 0 radical (unpaired) electrons. The molecule has 1 atom stereocenters. The maximum Gasteiger partial charge on any atom is 0.209 e. The number of allylic oxidation sites excluding steroid dienone is 1. The molecule has 60 valence electrons. The van der Waals surface area contributed by atoms with Gasteiger partial charge in [0, 0.05) is 0 Å². The van der Waals surface area contributed by atoms with Gasteiger partial charge in [0.1, 0.15) is 0 Å². The standard InChI is InChI=1S/C6H13NO2S/c1-3-4-6(2)5-10(7,8)9/h3,6H,1,4-5H2,2H3,(H2,7,8,9)/t6-/m1/s1. The summed E-state index contributed by atoms with van der Waals surface area (Å²) in [5.74, 6) is 0.117. The topological polar surface area (TPSA) is 60.2 Å². The lowest BCUT2D eigenvalue weighted by atomic mass is 10.1. The van der Waals surface area contributed by atoms with Gasteiger partial charge in [-0.15, -0.1) is 6.58 Å². The summed E-state index contributed by atoms with van der Waals surface area (Å²) in [5, 5.41) is 4.80. The van der Waals surface area contributed by atoms with Gasteiger partial charge in [-0.3, -0.25) is 0 Å². The van der Waals surface area contributed by atoms with Crippen molar-refractivity contribution in [1.29, 1.82) is 0 Å². The SMILES string of the molecule is C=CC[C@@H](C)CS(N)(=O)=O. The highest BCUT2D eigenvalue weighted by molar-refractivity contribution is 7.89. The summed E-state index contributed by atoms with van der Waals surface area (Å²) in [6.45, 7) is 5.32. The van der Waals surface area contributed by atoms with Crippen molar-refractivity contribution in [2.24, 2.45) is 11.1 Å². The fourth-order valence-electron chi connectivity index (χ4n) is 0.749. The lowest BCUT2D eigenvalue weighted by Gasteiger charge is -2.04. The lowest BCUT2D eigenvalue weighted by Crippen LogP contribution is -2.21. The van der Waals surface area contributed by atoms with Crippen LogP contribution in [0.15, 0.2) is 12.7 Å². The summed E-state index contributed by atoms with van der Waals surface area (Å²) < 4.78 is 20.9. The molecule has 4 heteroatoms.